The number of hydrogen-bond donors (Lipinski definition) is 1. The Bertz CT molecular complexity index is 408. The van der Waals surface area contributed by atoms with Crippen molar-refractivity contribution in [3.05, 3.63) is 24.3 Å². The average Bonchev–Trinajstić information content (AvgIpc) is 2.19. The summed E-state index contributed by atoms with van der Waals surface area (Å²) in [5.41, 5.74) is 0.579. The first kappa shape index (κ1) is 10.7. The standard InChI is InChI=1S/C9H11NO3S/c1-2-14(12,13)9-5-3-8(4-6-9)10-7-11/h3-7H,2H2,1H3,(H,10,11). The van der Waals surface area contributed by atoms with Gasteiger partial charge in [-0.3, -0.25) is 4.79 Å². The van der Waals surface area contributed by atoms with Gasteiger partial charge < -0.3 is 5.32 Å². The minimum absolute atomic E-state index is 0.0768. The lowest BCUT2D eigenvalue weighted by molar-refractivity contribution is -0.105. The molecule has 1 rings (SSSR count). The fourth-order valence-electron chi connectivity index (χ4n) is 0.993. The van der Waals surface area contributed by atoms with E-state index < -0.39 is 9.84 Å². The van der Waals surface area contributed by atoms with Crippen LogP contribution in [0.4, 0.5) is 5.69 Å². The summed E-state index contributed by atoms with van der Waals surface area (Å²) in [4.78, 5) is 10.4. The quantitative estimate of drug-likeness (QED) is 0.760. The largest absolute Gasteiger partial charge is 0.329 e. The molecule has 0 radical (unpaired) electrons. The highest BCUT2D eigenvalue weighted by Crippen LogP contribution is 2.14. The zero-order valence-electron chi connectivity index (χ0n) is 7.73. The van der Waals surface area contributed by atoms with Crippen molar-refractivity contribution in [2.24, 2.45) is 0 Å². The molecule has 0 fully saturated rings. The highest BCUT2D eigenvalue weighted by molar-refractivity contribution is 7.91. The Kier molecular flexibility index (Phi) is 3.24. The van der Waals surface area contributed by atoms with Crippen molar-refractivity contribution in [2.45, 2.75) is 11.8 Å². The van der Waals surface area contributed by atoms with Crippen molar-refractivity contribution in [1.29, 1.82) is 0 Å². The molecular weight excluding hydrogens is 202 g/mol. The number of carbonyl (C=O) groups excluding carboxylic acids is 1. The monoisotopic (exact) mass is 213 g/mol. The molecule has 0 aliphatic heterocycles. The second-order valence-corrected chi connectivity index (χ2v) is 4.97. The van der Waals surface area contributed by atoms with Crippen molar-refractivity contribution in [1.82, 2.24) is 0 Å². The number of nitrogens with one attached hydrogen (secondary N) is 1. The van der Waals surface area contributed by atoms with Crippen LogP contribution in [0.5, 0.6) is 0 Å². The maximum absolute atomic E-state index is 11.4. The first-order valence-corrected chi connectivity index (χ1v) is 5.78. The molecule has 0 saturated heterocycles. The number of rotatable bonds is 4. The Balaban J connectivity index is 3.00. The summed E-state index contributed by atoms with van der Waals surface area (Å²) >= 11 is 0. The van der Waals surface area contributed by atoms with Crippen LogP contribution in [-0.4, -0.2) is 20.6 Å². The van der Waals surface area contributed by atoms with E-state index in [1.807, 2.05) is 0 Å². The van der Waals surface area contributed by atoms with Crippen LogP contribution in [0.3, 0.4) is 0 Å². The van der Waals surface area contributed by atoms with Crippen LogP contribution in [0.1, 0.15) is 6.92 Å². The molecule has 76 valence electrons. The third kappa shape index (κ3) is 2.32. The van der Waals surface area contributed by atoms with Crippen LogP contribution in [0.25, 0.3) is 0 Å². The van der Waals surface area contributed by atoms with Crippen LogP contribution in [0.2, 0.25) is 0 Å². The molecule has 0 spiro atoms. The normalized spacial score (nSPS) is 10.9. The molecule has 0 unspecified atom stereocenters. The summed E-state index contributed by atoms with van der Waals surface area (Å²) < 4.78 is 22.8. The van der Waals surface area contributed by atoms with Gasteiger partial charge in [-0.1, -0.05) is 6.92 Å². The van der Waals surface area contributed by atoms with E-state index in [0.29, 0.717) is 12.1 Å². The molecular formula is C9H11NO3S. The number of anilines is 1. The Morgan fingerprint density at radius 2 is 1.86 bits per heavy atom. The molecule has 0 saturated carbocycles. The summed E-state index contributed by atoms with van der Waals surface area (Å²) in [6.45, 7) is 1.59. The van der Waals surface area contributed by atoms with Gasteiger partial charge in [0.05, 0.1) is 10.6 Å². The summed E-state index contributed by atoms with van der Waals surface area (Å²) in [6.07, 6.45) is 0.545. The molecule has 0 bridgehead atoms. The van der Waals surface area contributed by atoms with Gasteiger partial charge in [0.25, 0.3) is 0 Å². The molecule has 0 atom stereocenters. The number of hydrogen-bond acceptors (Lipinski definition) is 3. The summed E-state index contributed by atoms with van der Waals surface area (Å²) in [5, 5.41) is 2.43. The molecule has 1 amide bonds. The second-order valence-electron chi connectivity index (χ2n) is 2.69. The summed E-state index contributed by atoms with van der Waals surface area (Å²) in [6, 6.07) is 6.06. The zero-order chi connectivity index (χ0) is 10.6. The van der Waals surface area contributed by atoms with E-state index in [4.69, 9.17) is 0 Å². The Labute approximate surface area is 82.9 Å². The van der Waals surface area contributed by atoms with Crippen LogP contribution < -0.4 is 5.32 Å². The topological polar surface area (TPSA) is 63.2 Å². The van der Waals surface area contributed by atoms with Gasteiger partial charge in [0, 0.05) is 5.69 Å². The van der Waals surface area contributed by atoms with Gasteiger partial charge in [-0.2, -0.15) is 0 Å². The van der Waals surface area contributed by atoms with E-state index in [1.165, 1.54) is 12.1 Å². The van der Waals surface area contributed by atoms with E-state index in [-0.39, 0.29) is 10.6 Å². The van der Waals surface area contributed by atoms with Crippen LogP contribution in [0.15, 0.2) is 29.2 Å². The van der Waals surface area contributed by atoms with E-state index >= 15 is 0 Å². The van der Waals surface area contributed by atoms with Gasteiger partial charge in [-0.25, -0.2) is 8.42 Å². The first-order valence-electron chi connectivity index (χ1n) is 4.13. The van der Waals surface area contributed by atoms with E-state index in [0.717, 1.165) is 0 Å². The molecule has 14 heavy (non-hydrogen) atoms. The van der Waals surface area contributed by atoms with Crippen molar-refractivity contribution < 1.29 is 13.2 Å². The fourth-order valence-corrected chi connectivity index (χ4v) is 1.88. The second kappa shape index (κ2) is 4.23. The third-order valence-electron chi connectivity index (χ3n) is 1.82. The predicted molar refractivity (Wildman–Crippen MR) is 53.9 cm³/mol. The van der Waals surface area contributed by atoms with Gasteiger partial charge in [0.15, 0.2) is 9.84 Å². The minimum Gasteiger partial charge on any atom is -0.329 e. The molecule has 0 aromatic heterocycles. The number of amides is 1. The van der Waals surface area contributed by atoms with E-state index in [9.17, 15) is 13.2 Å². The number of benzene rings is 1. The molecule has 1 aromatic carbocycles. The molecule has 1 N–H and O–H groups in total. The van der Waals surface area contributed by atoms with Crippen molar-refractivity contribution in [2.75, 3.05) is 11.1 Å². The average molecular weight is 213 g/mol. The molecule has 4 nitrogen and oxygen atoms in total. The third-order valence-corrected chi connectivity index (χ3v) is 3.57. The van der Waals surface area contributed by atoms with Gasteiger partial charge in [0.2, 0.25) is 6.41 Å². The molecule has 1 aromatic rings. The van der Waals surface area contributed by atoms with Crippen LogP contribution >= 0.6 is 0 Å². The fraction of sp³-hybridized carbons (Fsp3) is 0.222. The van der Waals surface area contributed by atoms with Gasteiger partial charge >= 0.3 is 0 Å². The van der Waals surface area contributed by atoms with E-state index in [2.05, 4.69) is 5.32 Å². The maximum Gasteiger partial charge on any atom is 0.211 e. The number of sulfone groups is 1. The van der Waals surface area contributed by atoms with Crippen molar-refractivity contribution >= 4 is 21.9 Å². The van der Waals surface area contributed by atoms with Crippen LogP contribution in [-0.2, 0) is 14.6 Å². The van der Waals surface area contributed by atoms with Gasteiger partial charge in [-0.05, 0) is 24.3 Å². The van der Waals surface area contributed by atoms with E-state index in [1.54, 1.807) is 19.1 Å². The Morgan fingerprint density at radius 3 is 2.29 bits per heavy atom. The summed E-state index contributed by atoms with van der Waals surface area (Å²) in [5.74, 6) is 0.0768. The highest BCUT2D eigenvalue weighted by atomic mass is 32.2. The molecule has 0 aliphatic rings. The van der Waals surface area contributed by atoms with Gasteiger partial charge in [0.1, 0.15) is 0 Å². The lowest BCUT2D eigenvalue weighted by Crippen LogP contribution is -2.03. The first-order chi connectivity index (χ1) is 6.60. The zero-order valence-corrected chi connectivity index (χ0v) is 8.54. The van der Waals surface area contributed by atoms with Crippen molar-refractivity contribution in [3.63, 3.8) is 0 Å². The highest BCUT2D eigenvalue weighted by Gasteiger charge is 2.10. The lowest BCUT2D eigenvalue weighted by Gasteiger charge is -2.02. The SMILES string of the molecule is CCS(=O)(=O)c1ccc(NC=O)cc1. The van der Waals surface area contributed by atoms with Gasteiger partial charge in [-0.15, -0.1) is 0 Å². The summed E-state index contributed by atoms with van der Waals surface area (Å²) in [7, 11) is -3.15. The predicted octanol–water partition coefficient (Wildman–Crippen LogP) is 1.05. The Morgan fingerprint density at radius 1 is 1.29 bits per heavy atom. The molecule has 0 heterocycles. The Hall–Kier alpha value is -1.36. The maximum atomic E-state index is 11.4. The molecule has 0 aliphatic carbocycles. The lowest BCUT2D eigenvalue weighted by atomic mass is 10.3. The van der Waals surface area contributed by atoms with Crippen LogP contribution in [0, 0.1) is 0 Å². The minimum atomic E-state index is -3.15. The molecule has 5 heteroatoms. The smallest absolute Gasteiger partial charge is 0.211 e. The van der Waals surface area contributed by atoms with Crippen molar-refractivity contribution in [3.8, 4) is 0 Å². The number of carbonyl (C=O) groups is 1.